The van der Waals surface area contributed by atoms with Crippen LogP contribution < -0.4 is 5.32 Å². The number of hydrogen-bond acceptors (Lipinski definition) is 2. The van der Waals surface area contributed by atoms with Crippen molar-refractivity contribution in [2.45, 2.75) is 12.5 Å². The third kappa shape index (κ3) is 2.64. The highest BCUT2D eigenvalue weighted by Gasteiger charge is 2.18. The highest BCUT2D eigenvalue weighted by molar-refractivity contribution is 6.31. The number of nitrogens with zero attached hydrogens (tertiary/aromatic N) is 2. The molecule has 3 aromatic rings. The van der Waals surface area contributed by atoms with Gasteiger partial charge < -0.3 is 5.32 Å². The summed E-state index contributed by atoms with van der Waals surface area (Å²) in [6.07, 6.45) is 4.17. The molecule has 1 aromatic carbocycles. The van der Waals surface area contributed by atoms with E-state index in [1.54, 1.807) is 12.1 Å². The lowest BCUT2D eigenvalue weighted by atomic mass is 9.99. The number of nitrogens with one attached hydrogen (secondary N) is 1. The second-order valence-electron chi connectivity index (χ2n) is 4.88. The first kappa shape index (κ1) is 14.0. The fourth-order valence-electron chi connectivity index (χ4n) is 2.52. The molecule has 0 amide bonds. The molecule has 1 N–H and O–H groups in total. The first-order valence-electron chi connectivity index (χ1n) is 6.73. The highest BCUT2D eigenvalue weighted by Crippen LogP contribution is 2.27. The van der Waals surface area contributed by atoms with Crippen molar-refractivity contribution in [2.24, 2.45) is 0 Å². The van der Waals surface area contributed by atoms with E-state index in [1.165, 1.54) is 6.07 Å². The van der Waals surface area contributed by atoms with Gasteiger partial charge in [0.05, 0.1) is 11.7 Å². The zero-order valence-electron chi connectivity index (χ0n) is 11.6. The van der Waals surface area contributed by atoms with Gasteiger partial charge in [-0.25, -0.2) is 8.91 Å². The van der Waals surface area contributed by atoms with Gasteiger partial charge in [0, 0.05) is 28.4 Å². The zero-order chi connectivity index (χ0) is 14.8. The van der Waals surface area contributed by atoms with Crippen LogP contribution in [0.2, 0.25) is 5.02 Å². The third-order valence-corrected chi connectivity index (χ3v) is 4.00. The molecule has 0 saturated carbocycles. The Morgan fingerprint density at radius 1 is 1.29 bits per heavy atom. The fourth-order valence-corrected chi connectivity index (χ4v) is 2.76. The number of aromatic nitrogens is 2. The van der Waals surface area contributed by atoms with Gasteiger partial charge in [-0.1, -0.05) is 23.7 Å². The van der Waals surface area contributed by atoms with E-state index in [-0.39, 0.29) is 11.9 Å². The Hall–Kier alpha value is -1.91. The molecule has 2 heterocycles. The lowest BCUT2D eigenvalue weighted by Gasteiger charge is -2.16. The maximum absolute atomic E-state index is 14.0. The van der Waals surface area contributed by atoms with Crippen LogP contribution in [-0.4, -0.2) is 16.7 Å². The second kappa shape index (κ2) is 5.84. The molecule has 5 heteroatoms. The number of hydrogen-bond donors (Lipinski definition) is 1. The minimum absolute atomic E-state index is 0.0562. The number of pyridine rings is 1. The van der Waals surface area contributed by atoms with Gasteiger partial charge in [-0.2, -0.15) is 5.10 Å². The Morgan fingerprint density at radius 2 is 2.14 bits per heavy atom. The maximum atomic E-state index is 14.0. The Bertz CT molecular complexity index is 749. The van der Waals surface area contributed by atoms with Crippen molar-refractivity contribution < 1.29 is 4.39 Å². The SMILES string of the molecule is CNC(Cc1c(F)cccc1Cl)c1cnn2ccccc12. The molecule has 2 aromatic heterocycles. The van der Waals surface area contributed by atoms with Gasteiger partial charge >= 0.3 is 0 Å². The van der Waals surface area contributed by atoms with Crippen LogP contribution in [0.15, 0.2) is 48.8 Å². The number of halogens is 2. The largest absolute Gasteiger partial charge is 0.313 e. The molecule has 0 aliphatic carbocycles. The van der Waals surface area contributed by atoms with Crippen LogP contribution in [0, 0.1) is 5.82 Å². The van der Waals surface area contributed by atoms with Gasteiger partial charge in [0.15, 0.2) is 0 Å². The quantitative estimate of drug-likeness (QED) is 0.797. The van der Waals surface area contributed by atoms with Crippen molar-refractivity contribution in [1.29, 1.82) is 0 Å². The fraction of sp³-hybridized carbons (Fsp3) is 0.188. The molecule has 3 nitrogen and oxygen atoms in total. The van der Waals surface area contributed by atoms with Gasteiger partial charge in [-0.05, 0) is 37.7 Å². The molecule has 1 atom stereocenters. The lowest BCUT2D eigenvalue weighted by molar-refractivity contribution is 0.557. The summed E-state index contributed by atoms with van der Waals surface area (Å²) in [4.78, 5) is 0. The minimum Gasteiger partial charge on any atom is -0.313 e. The summed E-state index contributed by atoms with van der Waals surface area (Å²) in [5.74, 6) is -0.278. The average Bonchev–Trinajstić information content (AvgIpc) is 2.91. The highest BCUT2D eigenvalue weighted by atomic mass is 35.5. The van der Waals surface area contributed by atoms with Crippen LogP contribution in [0.25, 0.3) is 5.52 Å². The molecular weight excluding hydrogens is 289 g/mol. The summed E-state index contributed by atoms with van der Waals surface area (Å²) in [5.41, 5.74) is 2.55. The van der Waals surface area contributed by atoms with Gasteiger partial charge in [-0.3, -0.25) is 0 Å². The van der Waals surface area contributed by atoms with Gasteiger partial charge in [0.25, 0.3) is 0 Å². The van der Waals surface area contributed by atoms with Gasteiger partial charge in [0.2, 0.25) is 0 Å². The van der Waals surface area contributed by atoms with E-state index < -0.39 is 0 Å². The van der Waals surface area contributed by atoms with E-state index in [4.69, 9.17) is 11.6 Å². The van der Waals surface area contributed by atoms with Crippen LogP contribution in [0.5, 0.6) is 0 Å². The van der Waals surface area contributed by atoms with Crippen molar-refractivity contribution in [3.63, 3.8) is 0 Å². The number of likely N-dealkylation sites (N-methyl/N-ethyl adjacent to an activating group) is 1. The standard InChI is InChI=1S/C16H15ClFN3/c1-19-15(9-11-13(17)5-4-6-14(11)18)12-10-20-21-8-3-2-7-16(12)21/h2-8,10,15,19H,9H2,1H3. The first-order valence-corrected chi connectivity index (χ1v) is 7.11. The Labute approximate surface area is 127 Å². The summed E-state index contributed by atoms with van der Waals surface area (Å²) in [6.45, 7) is 0. The molecule has 1 unspecified atom stereocenters. The number of benzene rings is 1. The third-order valence-electron chi connectivity index (χ3n) is 3.65. The molecule has 0 spiro atoms. The normalized spacial score (nSPS) is 12.7. The van der Waals surface area contributed by atoms with E-state index in [2.05, 4.69) is 10.4 Å². The van der Waals surface area contributed by atoms with Crippen LogP contribution in [0.1, 0.15) is 17.2 Å². The molecule has 0 fully saturated rings. The monoisotopic (exact) mass is 303 g/mol. The molecule has 0 aliphatic rings. The predicted octanol–water partition coefficient (Wildman–Crippen LogP) is 3.63. The van der Waals surface area contributed by atoms with E-state index >= 15 is 0 Å². The van der Waals surface area contributed by atoms with E-state index in [0.717, 1.165) is 11.1 Å². The molecule has 0 aliphatic heterocycles. The van der Waals surface area contributed by atoms with Crippen LogP contribution in [-0.2, 0) is 6.42 Å². The van der Waals surface area contributed by atoms with Crippen LogP contribution in [0.4, 0.5) is 4.39 Å². The summed E-state index contributed by atoms with van der Waals surface area (Å²) in [5, 5.41) is 8.00. The van der Waals surface area contributed by atoms with Crippen LogP contribution in [0.3, 0.4) is 0 Å². The molecule has 21 heavy (non-hydrogen) atoms. The van der Waals surface area contributed by atoms with Crippen molar-refractivity contribution in [2.75, 3.05) is 7.05 Å². The summed E-state index contributed by atoms with van der Waals surface area (Å²) < 4.78 is 15.8. The smallest absolute Gasteiger partial charge is 0.127 e. The first-order chi connectivity index (χ1) is 10.2. The lowest BCUT2D eigenvalue weighted by Crippen LogP contribution is -2.19. The second-order valence-corrected chi connectivity index (χ2v) is 5.28. The number of fused-ring (bicyclic) bond motifs is 1. The summed E-state index contributed by atoms with van der Waals surface area (Å²) in [6, 6.07) is 10.6. The van der Waals surface area contributed by atoms with Crippen molar-refractivity contribution in [1.82, 2.24) is 14.9 Å². The molecule has 108 valence electrons. The van der Waals surface area contributed by atoms with Crippen molar-refractivity contribution >= 4 is 17.1 Å². The Balaban J connectivity index is 1.99. The van der Waals surface area contributed by atoms with E-state index in [1.807, 2.05) is 42.2 Å². The molecule has 0 radical (unpaired) electrons. The molecule has 3 rings (SSSR count). The average molecular weight is 304 g/mol. The minimum atomic E-state index is -0.278. The molecule has 0 bridgehead atoms. The molecular formula is C16H15ClFN3. The van der Waals surface area contributed by atoms with Crippen molar-refractivity contribution in [3.8, 4) is 0 Å². The topological polar surface area (TPSA) is 29.3 Å². The maximum Gasteiger partial charge on any atom is 0.127 e. The number of rotatable bonds is 4. The van der Waals surface area contributed by atoms with E-state index in [9.17, 15) is 4.39 Å². The predicted molar refractivity (Wildman–Crippen MR) is 82.1 cm³/mol. The van der Waals surface area contributed by atoms with Gasteiger partial charge in [0.1, 0.15) is 5.82 Å². The van der Waals surface area contributed by atoms with Crippen molar-refractivity contribution in [3.05, 3.63) is 70.8 Å². The summed E-state index contributed by atoms with van der Waals surface area (Å²) in [7, 11) is 1.85. The summed E-state index contributed by atoms with van der Waals surface area (Å²) >= 11 is 6.12. The van der Waals surface area contributed by atoms with Crippen LogP contribution >= 0.6 is 11.6 Å². The van der Waals surface area contributed by atoms with Gasteiger partial charge in [-0.15, -0.1) is 0 Å². The van der Waals surface area contributed by atoms with E-state index in [0.29, 0.717) is 17.0 Å². The molecule has 0 saturated heterocycles. The Morgan fingerprint density at radius 3 is 2.90 bits per heavy atom. The zero-order valence-corrected chi connectivity index (χ0v) is 12.3. The Kier molecular flexibility index (Phi) is 3.90.